The van der Waals surface area contributed by atoms with Crippen molar-refractivity contribution in [2.45, 2.75) is 32.0 Å². The molecule has 17 heavy (non-hydrogen) atoms. The molecule has 3 nitrogen and oxygen atoms in total. The Morgan fingerprint density at radius 1 is 1.53 bits per heavy atom. The molecule has 0 amide bonds. The SMILES string of the molecule is CCC1(c2cccc(O)c2)CN(C)CC(C)O1. The highest BCUT2D eigenvalue weighted by Crippen LogP contribution is 2.35. The molecule has 1 fully saturated rings. The van der Waals surface area contributed by atoms with Crippen molar-refractivity contribution in [3.63, 3.8) is 0 Å². The maximum Gasteiger partial charge on any atom is 0.115 e. The van der Waals surface area contributed by atoms with Crippen molar-refractivity contribution in [3.05, 3.63) is 29.8 Å². The summed E-state index contributed by atoms with van der Waals surface area (Å²) >= 11 is 0. The van der Waals surface area contributed by atoms with Crippen LogP contribution in [0.2, 0.25) is 0 Å². The fourth-order valence-corrected chi connectivity index (χ4v) is 2.75. The van der Waals surface area contributed by atoms with Gasteiger partial charge in [0.15, 0.2) is 0 Å². The van der Waals surface area contributed by atoms with E-state index >= 15 is 0 Å². The van der Waals surface area contributed by atoms with Gasteiger partial charge in [0.05, 0.1) is 6.10 Å². The average molecular weight is 235 g/mol. The van der Waals surface area contributed by atoms with Crippen LogP contribution in [0, 0.1) is 0 Å². The lowest BCUT2D eigenvalue weighted by molar-refractivity contribution is -0.151. The van der Waals surface area contributed by atoms with Crippen molar-refractivity contribution in [2.24, 2.45) is 0 Å². The molecule has 0 saturated carbocycles. The zero-order valence-electron chi connectivity index (χ0n) is 10.8. The monoisotopic (exact) mass is 235 g/mol. The molecule has 0 aliphatic carbocycles. The first-order valence-electron chi connectivity index (χ1n) is 6.21. The molecule has 1 aliphatic rings. The summed E-state index contributed by atoms with van der Waals surface area (Å²) in [7, 11) is 2.12. The smallest absolute Gasteiger partial charge is 0.115 e. The molecular weight excluding hydrogens is 214 g/mol. The lowest BCUT2D eigenvalue weighted by Crippen LogP contribution is -2.51. The highest BCUT2D eigenvalue weighted by molar-refractivity contribution is 5.32. The number of phenolic OH excluding ortho intramolecular Hbond substituents is 1. The molecule has 2 rings (SSSR count). The number of ether oxygens (including phenoxy) is 1. The van der Waals surface area contributed by atoms with Crippen LogP contribution in [-0.4, -0.2) is 36.2 Å². The van der Waals surface area contributed by atoms with E-state index in [4.69, 9.17) is 4.74 Å². The van der Waals surface area contributed by atoms with Crippen LogP contribution >= 0.6 is 0 Å². The number of morpholine rings is 1. The molecule has 2 atom stereocenters. The van der Waals surface area contributed by atoms with Gasteiger partial charge in [-0.05, 0) is 38.1 Å². The van der Waals surface area contributed by atoms with E-state index in [9.17, 15) is 5.11 Å². The number of hydrogen-bond donors (Lipinski definition) is 1. The second kappa shape index (κ2) is 4.67. The second-order valence-electron chi connectivity index (χ2n) is 5.02. The summed E-state index contributed by atoms with van der Waals surface area (Å²) in [6.07, 6.45) is 1.13. The molecule has 1 aliphatic heterocycles. The molecule has 1 aromatic rings. The summed E-state index contributed by atoms with van der Waals surface area (Å²) in [5.41, 5.74) is 0.781. The first-order valence-corrected chi connectivity index (χ1v) is 6.21. The Hall–Kier alpha value is -1.06. The zero-order chi connectivity index (χ0) is 12.5. The molecule has 0 bridgehead atoms. The molecule has 0 spiro atoms. The van der Waals surface area contributed by atoms with Crippen molar-refractivity contribution in [1.82, 2.24) is 4.90 Å². The zero-order valence-corrected chi connectivity index (χ0v) is 10.8. The average Bonchev–Trinajstić information content (AvgIpc) is 2.27. The van der Waals surface area contributed by atoms with Crippen molar-refractivity contribution in [2.75, 3.05) is 20.1 Å². The lowest BCUT2D eigenvalue weighted by Gasteiger charge is -2.44. The van der Waals surface area contributed by atoms with E-state index in [1.165, 1.54) is 0 Å². The first-order chi connectivity index (χ1) is 8.05. The van der Waals surface area contributed by atoms with Gasteiger partial charge in [0, 0.05) is 13.1 Å². The van der Waals surface area contributed by atoms with E-state index in [-0.39, 0.29) is 11.7 Å². The third-order valence-corrected chi connectivity index (χ3v) is 3.46. The van der Waals surface area contributed by atoms with Gasteiger partial charge in [-0.1, -0.05) is 19.1 Å². The summed E-state index contributed by atoms with van der Waals surface area (Å²) in [5.74, 6) is 0.305. The second-order valence-corrected chi connectivity index (χ2v) is 5.02. The summed E-state index contributed by atoms with van der Waals surface area (Å²) in [6, 6.07) is 7.43. The standard InChI is InChI=1S/C14H21NO2/c1-4-14(10-15(3)9-11(2)17-14)12-6-5-7-13(16)8-12/h5-8,11,16H,4,9-10H2,1-3H3. The maximum absolute atomic E-state index is 9.62. The fourth-order valence-electron chi connectivity index (χ4n) is 2.75. The molecule has 3 heteroatoms. The normalized spacial score (nSPS) is 30.4. The Kier molecular flexibility index (Phi) is 3.40. The molecule has 1 aromatic carbocycles. The van der Waals surface area contributed by atoms with Crippen LogP contribution in [0.1, 0.15) is 25.8 Å². The minimum absolute atomic E-state index is 0.219. The highest BCUT2D eigenvalue weighted by atomic mass is 16.5. The molecule has 2 unspecified atom stereocenters. The Labute approximate surface area is 103 Å². The molecule has 1 saturated heterocycles. The van der Waals surface area contributed by atoms with Crippen LogP contribution in [0.25, 0.3) is 0 Å². The number of nitrogens with zero attached hydrogens (tertiary/aromatic N) is 1. The summed E-state index contributed by atoms with van der Waals surface area (Å²) in [5, 5.41) is 9.62. The van der Waals surface area contributed by atoms with Crippen molar-refractivity contribution in [3.8, 4) is 5.75 Å². The molecule has 0 radical (unpaired) electrons. The Morgan fingerprint density at radius 2 is 2.29 bits per heavy atom. The van der Waals surface area contributed by atoms with Crippen molar-refractivity contribution < 1.29 is 9.84 Å². The van der Waals surface area contributed by atoms with Gasteiger partial charge >= 0.3 is 0 Å². The Morgan fingerprint density at radius 3 is 2.88 bits per heavy atom. The van der Waals surface area contributed by atoms with Gasteiger partial charge < -0.3 is 14.7 Å². The van der Waals surface area contributed by atoms with E-state index in [1.54, 1.807) is 6.07 Å². The van der Waals surface area contributed by atoms with Gasteiger partial charge in [0.25, 0.3) is 0 Å². The molecule has 1 N–H and O–H groups in total. The summed E-state index contributed by atoms with van der Waals surface area (Å²) in [6.45, 7) is 6.07. The summed E-state index contributed by atoms with van der Waals surface area (Å²) in [4.78, 5) is 2.29. The van der Waals surface area contributed by atoms with Crippen LogP contribution in [0.5, 0.6) is 5.75 Å². The fraction of sp³-hybridized carbons (Fsp3) is 0.571. The van der Waals surface area contributed by atoms with E-state index in [0.717, 1.165) is 25.1 Å². The van der Waals surface area contributed by atoms with Gasteiger partial charge in [0.2, 0.25) is 0 Å². The predicted molar refractivity (Wildman–Crippen MR) is 68.1 cm³/mol. The Balaban J connectivity index is 2.36. The van der Waals surface area contributed by atoms with E-state index in [2.05, 4.69) is 25.8 Å². The Bertz CT molecular complexity index is 382. The molecule has 1 heterocycles. The number of benzene rings is 1. The van der Waals surface area contributed by atoms with Crippen LogP contribution in [-0.2, 0) is 10.3 Å². The quantitative estimate of drug-likeness (QED) is 0.854. The number of likely N-dealkylation sites (N-methyl/N-ethyl adjacent to an activating group) is 1. The topological polar surface area (TPSA) is 32.7 Å². The van der Waals surface area contributed by atoms with Crippen molar-refractivity contribution >= 4 is 0 Å². The van der Waals surface area contributed by atoms with Crippen LogP contribution in [0.3, 0.4) is 0 Å². The number of phenols is 1. The number of rotatable bonds is 2. The first kappa shape index (κ1) is 12.4. The van der Waals surface area contributed by atoms with Gasteiger partial charge in [-0.25, -0.2) is 0 Å². The van der Waals surface area contributed by atoms with E-state index in [0.29, 0.717) is 5.75 Å². The third kappa shape index (κ3) is 2.45. The van der Waals surface area contributed by atoms with E-state index in [1.807, 2.05) is 18.2 Å². The van der Waals surface area contributed by atoms with E-state index < -0.39 is 0 Å². The largest absolute Gasteiger partial charge is 0.508 e. The number of aromatic hydroxyl groups is 1. The minimum Gasteiger partial charge on any atom is -0.508 e. The lowest BCUT2D eigenvalue weighted by atomic mass is 9.88. The van der Waals surface area contributed by atoms with Crippen LogP contribution < -0.4 is 0 Å². The van der Waals surface area contributed by atoms with Gasteiger partial charge in [-0.15, -0.1) is 0 Å². The number of hydrogen-bond acceptors (Lipinski definition) is 3. The van der Waals surface area contributed by atoms with Gasteiger partial charge in [-0.2, -0.15) is 0 Å². The molecule has 94 valence electrons. The van der Waals surface area contributed by atoms with Gasteiger partial charge in [0.1, 0.15) is 11.4 Å². The van der Waals surface area contributed by atoms with Crippen LogP contribution in [0.15, 0.2) is 24.3 Å². The van der Waals surface area contributed by atoms with Crippen LogP contribution in [0.4, 0.5) is 0 Å². The molecule has 0 aromatic heterocycles. The third-order valence-electron chi connectivity index (χ3n) is 3.46. The highest BCUT2D eigenvalue weighted by Gasteiger charge is 2.38. The van der Waals surface area contributed by atoms with Crippen molar-refractivity contribution in [1.29, 1.82) is 0 Å². The molecular formula is C14H21NO2. The van der Waals surface area contributed by atoms with Gasteiger partial charge in [-0.3, -0.25) is 0 Å². The summed E-state index contributed by atoms with van der Waals surface area (Å²) < 4.78 is 6.18. The predicted octanol–water partition coefficient (Wildman–Crippen LogP) is 2.35. The maximum atomic E-state index is 9.62. The minimum atomic E-state index is -0.287.